The van der Waals surface area contributed by atoms with Crippen LogP contribution in [0.2, 0.25) is 0 Å². The number of nitrogens with two attached hydrogens (primary N) is 2. The zero-order valence-corrected chi connectivity index (χ0v) is 14.1. The molecular weight excluding hydrogens is 288 g/mol. The lowest BCUT2D eigenvalue weighted by Gasteiger charge is -2.23. The number of allylic oxidation sites excluding steroid dienone is 3. The molecule has 0 bridgehead atoms. The van der Waals surface area contributed by atoms with Crippen LogP contribution in [0, 0.1) is 16.7 Å². The highest BCUT2D eigenvalue weighted by Gasteiger charge is 2.53. The van der Waals surface area contributed by atoms with Gasteiger partial charge in [-0.05, 0) is 62.8 Å². The van der Waals surface area contributed by atoms with Crippen LogP contribution in [0.4, 0.5) is 0 Å². The average Bonchev–Trinajstić information content (AvgIpc) is 3.20. The van der Waals surface area contributed by atoms with E-state index >= 15 is 0 Å². The number of hydrogen-bond acceptors (Lipinski definition) is 5. The Labute approximate surface area is 138 Å². The van der Waals surface area contributed by atoms with Crippen LogP contribution in [0.3, 0.4) is 0 Å². The van der Waals surface area contributed by atoms with Crippen molar-refractivity contribution in [2.45, 2.75) is 26.2 Å². The molecule has 6 N–H and O–H groups in total. The second-order valence-corrected chi connectivity index (χ2v) is 6.51. The van der Waals surface area contributed by atoms with Gasteiger partial charge in [0.2, 0.25) is 0 Å². The molecule has 1 saturated carbocycles. The highest BCUT2D eigenvalue weighted by molar-refractivity contribution is 6.21. The van der Waals surface area contributed by atoms with Crippen molar-refractivity contribution in [3.8, 4) is 0 Å². The Morgan fingerprint density at radius 2 is 2.00 bits per heavy atom. The third-order valence-corrected chi connectivity index (χ3v) is 4.85. The summed E-state index contributed by atoms with van der Waals surface area (Å²) in [6, 6.07) is 0. The molecule has 1 aliphatic heterocycles. The summed E-state index contributed by atoms with van der Waals surface area (Å²) in [6.07, 6.45) is 8.67. The van der Waals surface area contributed by atoms with E-state index in [2.05, 4.69) is 15.3 Å². The Kier molecular flexibility index (Phi) is 5.71. The molecule has 0 aromatic rings. The molecule has 0 radical (unpaired) electrons. The normalized spacial score (nSPS) is 25.1. The van der Waals surface area contributed by atoms with Gasteiger partial charge in [0, 0.05) is 31.1 Å². The lowest BCUT2D eigenvalue weighted by Crippen LogP contribution is -2.30. The van der Waals surface area contributed by atoms with E-state index in [1.165, 1.54) is 19.3 Å². The number of rotatable bonds is 6. The van der Waals surface area contributed by atoms with Crippen molar-refractivity contribution in [2.24, 2.45) is 32.8 Å². The van der Waals surface area contributed by atoms with E-state index in [1.54, 1.807) is 32.3 Å². The third-order valence-electron chi connectivity index (χ3n) is 4.85. The molecule has 0 amide bonds. The quantitative estimate of drug-likeness (QED) is 0.437. The predicted molar refractivity (Wildman–Crippen MR) is 97.3 cm³/mol. The second kappa shape index (κ2) is 7.55. The van der Waals surface area contributed by atoms with E-state index in [1.807, 2.05) is 0 Å². The van der Waals surface area contributed by atoms with E-state index in [-0.39, 0.29) is 5.71 Å². The maximum atomic E-state index is 8.02. The van der Waals surface area contributed by atoms with E-state index in [4.69, 9.17) is 16.9 Å². The number of piperidine rings is 1. The van der Waals surface area contributed by atoms with Gasteiger partial charge in [-0.3, -0.25) is 9.98 Å². The van der Waals surface area contributed by atoms with Crippen molar-refractivity contribution in [2.75, 3.05) is 26.7 Å². The monoisotopic (exact) mass is 316 g/mol. The number of aliphatic imine (C=N–C) groups is 2. The predicted octanol–water partition coefficient (Wildman–Crippen LogP) is 1.24. The van der Waals surface area contributed by atoms with E-state index in [0.29, 0.717) is 28.4 Å². The summed E-state index contributed by atoms with van der Waals surface area (Å²) in [7, 11) is 1.65. The summed E-state index contributed by atoms with van der Waals surface area (Å²) >= 11 is 0. The highest BCUT2D eigenvalue weighted by Crippen LogP contribution is 2.58. The first kappa shape index (κ1) is 17.4. The molecule has 6 heteroatoms. The van der Waals surface area contributed by atoms with Crippen LogP contribution in [-0.2, 0) is 0 Å². The maximum Gasteiger partial charge on any atom is 0.118 e. The van der Waals surface area contributed by atoms with Crippen LogP contribution in [0.1, 0.15) is 26.2 Å². The Bertz CT molecular complexity index is 560. The lowest BCUT2D eigenvalue weighted by molar-refractivity contribution is 0.325. The first-order valence-corrected chi connectivity index (χ1v) is 8.14. The van der Waals surface area contributed by atoms with Gasteiger partial charge in [-0.25, -0.2) is 0 Å². The Hall–Kier alpha value is -1.95. The molecule has 1 saturated heterocycles. The van der Waals surface area contributed by atoms with Crippen LogP contribution >= 0.6 is 0 Å². The fourth-order valence-corrected chi connectivity index (χ4v) is 3.27. The van der Waals surface area contributed by atoms with Crippen LogP contribution in [0.25, 0.3) is 0 Å². The maximum absolute atomic E-state index is 8.02. The topological polar surface area (TPSA) is 113 Å². The molecule has 23 heavy (non-hydrogen) atoms. The van der Waals surface area contributed by atoms with Gasteiger partial charge in [0.15, 0.2) is 0 Å². The first-order chi connectivity index (χ1) is 11.0. The van der Waals surface area contributed by atoms with Crippen molar-refractivity contribution in [3.05, 3.63) is 23.4 Å². The first-order valence-electron chi connectivity index (χ1n) is 8.14. The summed E-state index contributed by atoms with van der Waals surface area (Å²) in [5, 5.41) is 11.4. The molecule has 1 heterocycles. The molecule has 126 valence electrons. The summed E-state index contributed by atoms with van der Waals surface area (Å²) in [5.74, 6) is 1.14. The zero-order chi connectivity index (χ0) is 16.9. The Morgan fingerprint density at radius 3 is 2.61 bits per heavy atom. The summed E-state index contributed by atoms with van der Waals surface area (Å²) in [6.45, 7) is 4.79. The van der Waals surface area contributed by atoms with Crippen LogP contribution in [0.15, 0.2) is 33.4 Å². The van der Waals surface area contributed by atoms with Gasteiger partial charge in [-0.1, -0.05) is 0 Å². The standard InChI is InChI=1S/C17H28N6/c1-12(18)14(11-21-2)15(19)3-4-16(20)23-10-13-9-17(13)5-7-22-8-6-17/h3-4,11,13,19,22H,5-10,18H2,1-2H3,(H2,20,23)/b4-3-,14-12?,19-15?,21-11?. The number of amidine groups is 1. The summed E-state index contributed by atoms with van der Waals surface area (Å²) < 4.78 is 0. The number of hydrogen-bond donors (Lipinski definition) is 4. The van der Waals surface area contributed by atoms with Crippen molar-refractivity contribution >= 4 is 17.8 Å². The van der Waals surface area contributed by atoms with Gasteiger partial charge >= 0.3 is 0 Å². The molecule has 2 fully saturated rings. The fraction of sp³-hybridized carbons (Fsp3) is 0.588. The van der Waals surface area contributed by atoms with Crippen molar-refractivity contribution < 1.29 is 0 Å². The molecule has 6 nitrogen and oxygen atoms in total. The average molecular weight is 316 g/mol. The SMILES string of the molecule is CN=CC(C(=N)/C=C\C(N)=NCC1CC12CCNCC2)=C(C)N. The molecule has 1 spiro atoms. The van der Waals surface area contributed by atoms with Gasteiger partial charge in [0.1, 0.15) is 5.84 Å². The minimum atomic E-state index is 0.287. The van der Waals surface area contributed by atoms with Crippen molar-refractivity contribution in [3.63, 3.8) is 0 Å². The van der Waals surface area contributed by atoms with Crippen LogP contribution in [0.5, 0.6) is 0 Å². The van der Waals surface area contributed by atoms with Crippen LogP contribution < -0.4 is 16.8 Å². The molecule has 2 aliphatic rings. The third kappa shape index (κ3) is 4.51. The molecule has 1 unspecified atom stereocenters. The highest BCUT2D eigenvalue weighted by atomic mass is 14.9. The number of nitrogens with one attached hydrogen (secondary N) is 2. The van der Waals surface area contributed by atoms with E-state index in [9.17, 15) is 0 Å². The largest absolute Gasteiger partial charge is 0.402 e. The summed E-state index contributed by atoms with van der Waals surface area (Å²) in [4.78, 5) is 8.38. The zero-order valence-electron chi connectivity index (χ0n) is 14.1. The minimum Gasteiger partial charge on any atom is -0.402 e. The van der Waals surface area contributed by atoms with Gasteiger partial charge < -0.3 is 22.2 Å². The molecule has 0 aromatic carbocycles. The van der Waals surface area contributed by atoms with E-state index < -0.39 is 0 Å². The minimum absolute atomic E-state index is 0.287. The number of nitrogens with zero attached hydrogens (tertiary/aromatic N) is 2. The van der Waals surface area contributed by atoms with Gasteiger partial charge in [0.25, 0.3) is 0 Å². The molecular formula is C17H28N6. The molecule has 1 atom stereocenters. The van der Waals surface area contributed by atoms with Crippen molar-refractivity contribution in [1.29, 1.82) is 5.41 Å². The second-order valence-electron chi connectivity index (χ2n) is 6.51. The Balaban J connectivity index is 1.87. The molecule has 1 aliphatic carbocycles. The smallest absolute Gasteiger partial charge is 0.118 e. The molecule has 2 rings (SSSR count). The van der Waals surface area contributed by atoms with Gasteiger partial charge in [-0.15, -0.1) is 0 Å². The fourth-order valence-electron chi connectivity index (χ4n) is 3.27. The van der Waals surface area contributed by atoms with Gasteiger partial charge in [0.05, 0.1) is 5.71 Å². The van der Waals surface area contributed by atoms with Crippen LogP contribution in [-0.4, -0.2) is 44.4 Å². The lowest BCUT2D eigenvalue weighted by atomic mass is 9.92. The van der Waals surface area contributed by atoms with Crippen molar-refractivity contribution in [1.82, 2.24) is 5.32 Å². The van der Waals surface area contributed by atoms with E-state index in [0.717, 1.165) is 19.6 Å². The Morgan fingerprint density at radius 1 is 1.30 bits per heavy atom. The summed E-state index contributed by atoms with van der Waals surface area (Å²) in [5.41, 5.74) is 13.7. The van der Waals surface area contributed by atoms with Gasteiger partial charge in [-0.2, -0.15) is 0 Å². The molecule has 0 aromatic heterocycles.